The summed E-state index contributed by atoms with van der Waals surface area (Å²) < 4.78 is 5.22. The van der Waals surface area contributed by atoms with Gasteiger partial charge in [-0.25, -0.2) is 4.98 Å². The van der Waals surface area contributed by atoms with Gasteiger partial charge in [0.2, 0.25) is 0 Å². The van der Waals surface area contributed by atoms with Crippen molar-refractivity contribution in [3.8, 4) is 17.0 Å². The van der Waals surface area contributed by atoms with Gasteiger partial charge in [0.05, 0.1) is 24.6 Å². The molecular weight excluding hydrogens is 378 g/mol. The Morgan fingerprint density at radius 2 is 1.97 bits per heavy atom. The van der Waals surface area contributed by atoms with Gasteiger partial charge in [0.15, 0.2) is 0 Å². The van der Waals surface area contributed by atoms with Crippen molar-refractivity contribution in [3.63, 3.8) is 0 Å². The highest BCUT2D eigenvalue weighted by atomic mass is 16.5. The van der Waals surface area contributed by atoms with E-state index in [0.717, 1.165) is 48.6 Å². The number of hydrogen-bond donors (Lipinski definition) is 2. The quantitative estimate of drug-likeness (QED) is 0.541. The number of likely N-dealkylation sites (tertiary alicyclic amines) is 1. The number of piperidine rings is 1. The van der Waals surface area contributed by atoms with Gasteiger partial charge in [0.1, 0.15) is 11.4 Å². The minimum Gasteiger partial charge on any atom is -0.497 e. The summed E-state index contributed by atoms with van der Waals surface area (Å²) in [7, 11) is 1.64. The van der Waals surface area contributed by atoms with Gasteiger partial charge < -0.3 is 14.6 Å². The number of ether oxygens (including phenoxy) is 1. The van der Waals surface area contributed by atoms with E-state index in [0.29, 0.717) is 11.5 Å². The molecule has 1 amide bonds. The molecule has 7 heteroatoms. The highest BCUT2D eigenvalue weighted by Gasteiger charge is 2.28. The standard InChI is InChI=1S/C23H23N5O2/c1-30-17-6-4-16(5-7-17)21-20(14-26-27-21)23(29)28-11-8-15(9-12-28)19-13-25-22-18(19)3-2-10-24-22/h2-7,10,13-15H,8-9,11-12H2,1H3,(H,24,25)(H,26,27). The molecule has 7 nitrogen and oxygen atoms in total. The molecule has 152 valence electrons. The summed E-state index contributed by atoms with van der Waals surface area (Å²) in [5.41, 5.74) is 4.49. The summed E-state index contributed by atoms with van der Waals surface area (Å²) in [6, 6.07) is 11.7. The lowest BCUT2D eigenvalue weighted by Gasteiger charge is -2.32. The normalized spacial score (nSPS) is 14.9. The predicted octanol–water partition coefficient (Wildman–Crippen LogP) is 3.98. The average molecular weight is 401 g/mol. The second kappa shape index (κ2) is 7.67. The average Bonchev–Trinajstić information content (AvgIpc) is 3.46. The first-order valence-corrected chi connectivity index (χ1v) is 10.1. The lowest BCUT2D eigenvalue weighted by Crippen LogP contribution is -2.38. The SMILES string of the molecule is COc1ccc(-c2[nH]ncc2C(=O)N2CCC(c3c[nH]c4ncccc34)CC2)cc1. The van der Waals surface area contributed by atoms with E-state index in [2.05, 4.69) is 32.4 Å². The van der Waals surface area contributed by atoms with Gasteiger partial charge in [0.25, 0.3) is 5.91 Å². The number of fused-ring (bicyclic) bond motifs is 1. The highest BCUT2D eigenvalue weighted by Crippen LogP contribution is 2.33. The molecule has 0 atom stereocenters. The summed E-state index contributed by atoms with van der Waals surface area (Å²) in [6.45, 7) is 1.45. The molecule has 1 saturated heterocycles. The zero-order valence-corrected chi connectivity index (χ0v) is 16.8. The van der Waals surface area contributed by atoms with Crippen LogP contribution in [0.25, 0.3) is 22.3 Å². The second-order valence-electron chi connectivity index (χ2n) is 7.60. The molecule has 0 bridgehead atoms. The molecule has 2 N–H and O–H groups in total. The van der Waals surface area contributed by atoms with E-state index < -0.39 is 0 Å². The Labute approximate surface area is 174 Å². The van der Waals surface area contributed by atoms with Crippen molar-refractivity contribution < 1.29 is 9.53 Å². The van der Waals surface area contributed by atoms with Crippen LogP contribution in [0.15, 0.2) is 55.0 Å². The van der Waals surface area contributed by atoms with Crippen LogP contribution in [0.1, 0.15) is 34.7 Å². The van der Waals surface area contributed by atoms with Gasteiger partial charge in [0, 0.05) is 36.4 Å². The zero-order valence-electron chi connectivity index (χ0n) is 16.8. The number of rotatable bonds is 4. The number of aromatic nitrogens is 4. The molecule has 4 heterocycles. The molecule has 0 aliphatic carbocycles. The number of benzene rings is 1. The Hall–Kier alpha value is -3.61. The maximum Gasteiger partial charge on any atom is 0.257 e. The summed E-state index contributed by atoms with van der Waals surface area (Å²) in [5, 5.41) is 8.29. The molecule has 1 aliphatic rings. The number of nitrogens with one attached hydrogen (secondary N) is 2. The molecule has 1 aliphatic heterocycles. The van der Waals surface area contributed by atoms with E-state index in [9.17, 15) is 4.79 Å². The molecule has 0 radical (unpaired) electrons. The maximum absolute atomic E-state index is 13.2. The third-order valence-electron chi connectivity index (χ3n) is 5.95. The van der Waals surface area contributed by atoms with E-state index in [1.165, 1.54) is 10.9 Å². The largest absolute Gasteiger partial charge is 0.497 e. The van der Waals surface area contributed by atoms with Crippen LogP contribution in [0.4, 0.5) is 0 Å². The zero-order chi connectivity index (χ0) is 20.5. The van der Waals surface area contributed by atoms with Crippen molar-refractivity contribution in [1.82, 2.24) is 25.1 Å². The molecule has 4 aromatic rings. The Morgan fingerprint density at radius 3 is 2.73 bits per heavy atom. The van der Waals surface area contributed by atoms with Crippen molar-refractivity contribution >= 4 is 16.9 Å². The maximum atomic E-state index is 13.2. The van der Waals surface area contributed by atoms with Crippen LogP contribution < -0.4 is 4.74 Å². The van der Waals surface area contributed by atoms with E-state index in [4.69, 9.17) is 4.74 Å². The molecule has 1 fully saturated rings. The van der Waals surface area contributed by atoms with Crippen LogP contribution in [0.5, 0.6) is 5.75 Å². The van der Waals surface area contributed by atoms with Crippen molar-refractivity contribution in [3.05, 3.63) is 66.1 Å². The van der Waals surface area contributed by atoms with Gasteiger partial charge in [-0.3, -0.25) is 9.89 Å². The van der Waals surface area contributed by atoms with Crippen LogP contribution in [0.2, 0.25) is 0 Å². The first kappa shape index (κ1) is 18.4. The molecular formula is C23H23N5O2. The van der Waals surface area contributed by atoms with Gasteiger partial charge in [-0.2, -0.15) is 5.10 Å². The Balaban J connectivity index is 1.31. The third kappa shape index (κ3) is 3.22. The predicted molar refractivity (Wildman–Crippen MR) is 115 cm³/mol. The molecule has 0 unspecified atom stereocenters. The molecule has 5 rings (SSSR count). The number of hydrogen-bond acceptors (Lipinski definition) is 4. The van der Waals surface area contributed by atoms with Gasteiger partial charge in [-0.15, -0.1) is 0 Å². The fraction of sp³-hybridized carbons (Fsp3) is 0.261. The minimum absolute atomic E-state index is 0.0219. The fourth-order valence-corrected chi connectivity index (χ4v) is 4.30. The Bertz CT molecular complexity index is 1170. The van der Waals surface area contributed by atoms with Crippen molar-refractivity contribution in [1.29, 1.82) is 0 Å². The summed E-state index contributed by atoms with van der Waals surface area (Å²) in [4.78, 5) is 22.8. The minimum atomic E-state index is 0.0219. The van der Waals surface area contributed by atoms with Gasteiger partial charge in [-0.1, -0.05) is 0 Å². The van der Waals surface area contributed by atoms with E-state index >= 15 is 0 Å². The van der Waals surface area contributed by atoms with Crippen LogP contribution in [0, 0.1) is 0 Å². The second-order valence-corrected chi connectivity index (χ2v) is 7.60. The van der Waals surface area contributed by atoms with E-state index in [-0.39, 0.29) is 5.91 Å². The topological polar surface area (TPSA) is 86.9 Å². The van der Waals surface area contributed by atoms with Crippen molar-refractivity contribution in [2.45, 2.75) is 18.8 Å². The van der Waals surface area contributed by atoms with Gasteiger partial charge >= 0.3 is 0 Å². The molecule has 3 aromatic heterocycles. The first-order valence-electron chi connectivity index (χ1n) is 10.1. The highest BCUT2D eigenvalue weighted by molar-refractivity contribution is 5.99. The lowest BCUT2D eigenvalue weighted by atomic mass is 9.89. The summed E-state index contributed by atoms with van der Waals surface area (Å²) in [5.74, 6) is 1.23. The Kier molecular flexibility index (Phi) is 4.71. The number of amides is 1. The molecule has 0 saturated carbocycles. The number of methoxy groups -OCH3 is 1. The smallest absolute Gasteiger partial charge is 0.257 e. The summed E-state index contributed by atoms with van der Waals surface area (Å²) in [6.07, 6.45) is 7.36. The van der Waals surface area contributed by atoms with Crippen LogP contribution in [-0.4, -0.2) is 51.2 Å². The van der Waals surface area contributed by atoms with Crippen LogP contribution in [0.3, 0.4) is 0 Å². The molecule has 0 spiro atoms. The fourth-order valence-electron chi connectivity index (χ4n) is 4.30. The van der Waals surface area contributed by atoms with Crippen molar-refractivity contribution in [2.75, 3.05) is 20.2 Å². The van der Waals surface area contributed by atoms with Crippen LogP contribution >= 0.6 is 0 Å². The number of aromatic amines is 2. The van der Waals surface area contributed by atoms with Gasteiger partial charge in [-0.05, 0) is 60.7 Å². The Morgan fingerprint density at radius 1 is 1.17 bits per heavy atom. The summed E-state index contributed by atoms with van der Waals surface area (Å²) >= 11 is 0. The van der Waals surface area contributed by atoms with E-state index in [1.807, 2.05) is 35.2 Å². The number of nitrogens with zero attached hydrogens (tertiary/aromatic N) is 3. The third-order valence-corrected chi connectivity index (χ3v) is 5.95. The van der Waals surface area contributed by atoms with Crippen LogP contribution in [-0.2, 0) is 0 Å². The molecule has 30 heavy (non-hydrogen) atoms. The monoisotopic (exact) mass is 401 g/mol. The van der Waals surface area contributed by atoms with E-state index in [1.54, 1.807) is 19.5 Å². The number of H-pyrrole nitrogens is 2. The van der Waals surface area contributed by atoms with Crippen molar-refractivity contribution in [2.24, 2.45) is 0 Å². The number of carbonyl (C=O) groups excluding carboxylic acids is 1. The molecule has 1 aromatic carbocycles. The number of carbonyl (C=O) groups is 1. The number of pyridine rings is 1. The lowest BCUT2D eigenvalue weighted by molar-refractivity contribution is 0.0714. The first-order chi connectivity index (χ1) is 14.7.